The van der Waals surface area contributed by atoms with E-state index >= 15 is 0 Å². The molecule has 1 nitrogen and oxygen atoms in total. The van der Waals surface area contributed by atoms with Gasteiger partial charge in [0.25, 0.3) is 0 Å². The summed E-state index contributed by atoms with van der Waals surface area (Å²) >= 11 is 0. The van der Waals surface area contributed by atoms with Crippen molar-refractivity contribution in [3.8, 4) is 0 Å². The molecular weight excluding hydrogens is 88.1 g/mol. The molecule has 0 aromatic carbocycles. The molecule has 0 unspecified atom stereocenters. The summed E-state index contributed by atoms with van der Waals surface area (Å²) in [5.41, 5.74) is 0.236. The first-order valence-electron chi connectivity index (χ1n) is 2.81. The van der Waals surface area contributed by atoms with Gasteiger partial charge in [0.2, 0.25) is 0 Å². The van der Waals surface area contributed by atoms with Gasteiger partial charge >= 0.3 is 0 Å². The Bertz CT molecular complexity index is 76.2. The lowest BCUT2D eigenvalue weighted by molar-refractivity contribution is -0.0383. The van der Waals surface area contributed by atoms with Crippen molar-refractivity contribution >= 4 is 0 Å². The lowest BCUT2D eigenvalue weighted by Gasteiger charge is -2.40. The van der Waals surface area contributed by atoms with Gasteiger partial charge in [-0.3, -0.25) is 0 Å². The Morgan fingerprint density at radius 1 is 1.57 bits per heavy atom. The fourth-order valence-corrected chi connectivity index (χ4v) is 0.851. The summed E-state index contributed by atoms with van der Waals surface area (Å²) < 4.78 is 0. The summed E-state index contributed by atoms with van der Waals surface area (Å²) in [5.74, 6) is 0. The third-order valence-corrected chi connectivity index (χ3v) is 1.96. The maximum atomic E-state index is 8.98. The average Bonchev–Trinajstić information content (AvgIpc) is 1.63. The molecule has 1 fully saturated rings. The quantitative estimate of drug-likeness (QED) is 0.484. The van der Waals surface area contributed by atoms with Crippen molar-refractivity contribution in [2.24, 2.45) is 5.41 Å². The average molecular weight is 100 g/mol. The minimum Gasteiger partial charge on any atom is -0.393 e. The van der Waals surface area contributed by atoms with Crippen LogP contribution in [0, 0.1) is 5.41 Å². The molecule has 0 amide bonds. The zero-order chi connectivity index (χ0) is 5.49. The maximum absolute atomic E-state index is 8.98. The highest BCUT2D eigenvalue weighted by atomic mass is 16.3. The van der Waals surface area contributed by atoms with Crippen LogP contribution in [0.2, 0.25) is 0 Å². The van der Waals surface area contributed by atoms with E-state index in [9.17, 15) is 0 Å². The predicted molar refractivity (Wildman–Crippen MR) is 29.0 cm³/mol. The van der Waals surface area contributed by atoms with Gasteiger partial charge in [0, 0.05) is 0 Å². The Labute approximate surface area is 44.4 Å². The Morgan fingerprint density at radius 2 is 2.00 bits per heavy atom. The molecule has 1 N–H and O–H groups in total. The first kappa shape index (κ1) is 5.10. The Kier molecular flexibility index (Phi) is 0.890. The molecule has 1 aliphatic carbocycles. The van der Waals surface area contributed by atoms with E-state index in [0.717, 1.165) is 6.42 Å². The van der Waals surface area contributed by atoms with Gasteiger partial charge in [-0.05, 0) is 18.3 Å². The van der Waals surface area contributed by atoms with E-state index in [1.807, 2.05) is 0 Å². The number of rotatable bonds is 0. The van der Waals surface area contributed by atoms with Crippen LogP contribution in [0.1, 0.15) is 26.7 Å². The van der Waals surface area contributed by atoms with Gasteiger partial charge in [-0.15, -0.1) is 0 Å². The van der Waals surface area contributed by atoms with Crippen molar-refractivity contribution in [2.45, 2.75) is 32.8 Å². The molecule has 0 aromatic rings. The van der Waals surface area contributed by atoms with Crippen LogP contribution in [0.5, 0.6) is 0 Å². The second kappa shape index (κ2) is 1.22. The van der Waals surface area contributed by atoms with Crippen molar-refractivity contribution < 1.29 is 5.11 Å². The normalized spacial score (nSPS) is 37.3. The maximum Gasteiger partial charge on any atom is 0.0591 e. The fourth-order valence-electron chi connectivity index (χ4n) is 0.851. The first-order valence-corrected chi connectivity index (χ1v) is 2.81. The Balaban J connectivity index is 2.43. The first-order chi connectivity index (χ1) is 3.13. The lowest BCUT2D eigenvalue weighted by atomic mass is 9.69. The van der Waals surface area contributed by atoms with Crippen LogP contribution in [0.4, 0.5) is 0 Å². The molecule has 0 saturated heterocycles. The second-order valence-electron chi connectivity index (χ2n) is 3.04. The zero-order valence-corrected chi connectivity index (χ0v) is 4.94. The van der Waals surface area contributed by atoms with Gasteiger partial charge < -0.3 is 5.11 Å². The van der Waals surface area contributed by atoms with Crippen LogP contribution in [-0.4, -0.2) is 11.2 Å². The van der Waals surface area contributed by atoms with Crippen LogP contribution in [-0.2, 0) is 0 Å². The molecular formula is C6H12O. The smallest absolute Gasteiger partial charge is 0.0591 e. The van der Waals surface area contributed by atoms with Gasteiger partial charge in [0.15, 0.2) is 0 Å². The minimum absolute atomic E-state index is 0.0208. The molecule has 1 heteroatoms. The predicted octanol–water partition coefficient (Wildman–Crippen LogP) is 1.17. The van der Waals surface area contributed by atoms with Gasteiger partial charge in [0.1, 0.15) is 0 Å². The summed E-state index contributed by atoms with van der Waals surface area (Å²) in [7, 11) is 0. The second-order valence-corrected chi connectivity index (χ2v) is 3.04. The Hall–Kier alpha value is -0.0400. The molecule has 1 atom stereocenters. The molecule has 1 rings (SSSR count). The van der Waals surface area contributed by atoms with Crippen LogP contribution in [0.15, 0.2) is 0 Å². The van der Waals surface area contributed by atoms with E-state index in [0.29, 0.717) is 0 Å². The summed E-state index contributed by atoms with van der Waals surface area (Å²) in [4.78, 5) is 0. The van der Waals surface area contributed by atoms with Crippen molar-refractivity contribution in [3.05, 3.63) is 0 Å². The van der Waals surface area contributed by atoms with Crippen LogP contribution in [0.3, 0.4) is 0 Å². The molecule has 0 aliphatic heterocycles. The number of hydrogen-bond donors (Lipinski definition) is 1. The van der Waals surface area contributed by atoms with E-state index in [1.54, 1.807) is 0 Å². The van der Waals surface area contributed by atoms with Crippen LogP contribution < -0.4 is 0 Å². The molecule has 0 bridgehead atoms. The third-order valence-electron chi connectivity index (χ3n) is 1.96. The van der Waals surface area contributed by atoms with E-state index < -0.39 is 0 Å². The van der Waals surface area contributed by atoms with Crippen LogP contribution >= 0.6 is 0 Å². The zero-order valence-electron chi connectivity index (χ0n) is 4.94. The summed E-state index contributed by atoms with van der Waals surface area (Å²) in [6.45, 7) is 4.20. The van der Waals surface area contributed by atoms with Crippen molar-refractivity contribution in [2.75, 3.05) is 0 Å². The summed E-state index contributed by atoms with van der Waals surface area (Å²) in [6, 6.07) is 0. The highest BCUT2D eigenvalue weighted by Gasteiger charge is 2.36. The van der Waals surface area contributed by atoms with Crippen LogP contribution in [0.25, 0.3) is 0 Å². The number of aliphatic hydroxyl groups is 1. The van der Waals surface area contributed by atoms with E-state index in [2.05, 4.69) is 13.8 Å². The number of aliphatic hydroxyl groups excluding tert-OH is 1. The largest absolute Gasteiger partial charge is 0.393 e. The van der Waals surface area contributed by atoms with Gasteiger partial charge in [0.05, 0.1) is 6.10 Å². The molecule has 0 spiro atoms. The van der Waals surface area contributed by atoms with Crippen molar-refractivity contribution in [1.82, 2.24) is 0 Å². The minimum atomic E-state index is -0.0208. The summed E-state index contributed by atoms with van der Waals surface area (Å²) in [5, 5.41) is 8.98. The standard InChI is InChI=1S/C6H12O/c1-6(2)4-3-5(6)7/h5,7H,3-4H2,1-2H3/t5-/m0/s1. The Morgan fingerprint density at radius 3 is 2.00 bits per heavy atom. The topological polar surface area (TPSA) is 20.2 Å². The number of hydrogen-bond acceptors (Lipinski definition) is 1. The summed E-state index contributed by atoms with van der Waals surface area (Å²) in [6.07, 6.45) is 2.17. The van der Waals surface area contributed by atoms with E-state index in [4.69, 9.17) is 5.11 Å². The lowest BCUT2D eigenvalue weighted by Crippen LogP contribution is -2.39. The highest BCUT2D eigenvalue weighted by Crippen LogP contribution is 2.39. The van der Waals surface area contributed by atoms with E-state index in [1.165, 1.54) is 6.42 Å². The van der Waals surface area contributed by atoms with Gasteiger partial charge in [-0.2, -0.15) is 0 Å². The SMILES string of the molecule is CC1(C)CC[C@@H]1O. The molecule has 7 heavy (non-hydrogen) atoms. The van der Waals surface area contributed by atoms with E-state index in [-0.39, 0.29) is 11.5 Å². The molecule has 1 saturated carbocycles. The van der Waals surface area contributed by atoms with Gasteiger partial charge in [-0.1, -0.05) is 13.8 Å². The van der Waals surface area contributed by atoms with Gasteiger partial charge in [-0.25, -0.2) is 0 Å². The molecule has 0 radical (unpaired) electrons. The fraction of sp³-hybridized carbons (Fsp3) is 1.00. The molecule has 0 aromatic heterocycles. The van der Waals surface area contributed by atoms with Crippen molar-refractivity contribution in [3.63, 3.8) is 0 Å². The van der Waals surface area contributed by atoms with Crippen molar-refractivity contribution in [1.29, 1.82) is 0 Å². The molecule has 0 heterocycles. The molecule has 1 aliphatic rings. The third kappa shape index (κ3) is 0.653. The molecule has 42 valence electrons. The highest BCUT2D eigenvalue weighted by molar-refractivity contribution is 4.87. The monoisotopic (exact) mass is 100 g/mol.